The molecule has 4 aliphatic heterocycles. The Bertz CT molecular complexity index is 2680. The van der Waals surface area contributed by atoms with E-state index in [4.69, 9.17) is 4.42 Å². The summed E-state index contributed by atoms with van der Waals surface area (Å²) in [5, 5.41) is 0. The molecule has 302 valence electrons. The lowest BCUT2D eigenvalue weighted by Crippen LogP contribution is -2.54. The van der Waals surface area contributed by atoms with Crippen molar-refractivity contribution in [2.75, 3.05) is 19.2 Å². The molecule has 6 aromatic carbocycles. The molecule has 7 aromatic rings. The van der Waals surface area contributed by atoms with Crippen molar-refractivity contribution < 1.29 is 4.42 Å². The fourth-order valence-electron chi connectivity index (χ4n) is 11.0. The van der Waals surface area contributed by atoms with Gasteiger partial charge in [-0.2, -0.15) is 0 Å². The van der Waals surface area contributed by atoms with Crippen LogP contribution in [0.25, 0.3) is 0 Å². The van der Waals surface area contributed by atoms with Gasteiger partial charge in [-0.25, -0.2) is 0 Å². The molecule has 5 nitrogen and oxygen atoms in total. The molecular weight excluding hydrogens is 742 g/mol. The van der Waals surface area contributed by atoms with Crippen LogP contribution in [0.5, 0.6) is 0 Å². The molecule has 5 heterocycles. The highest BCUT2D eigenvalue weighted by atomic mass is 16.4. The number of hydrogen-bond acceptors (Lipinski definition) is 5. The third-order valence-corrected chi connectivity index (χ3v) is 14.2. The van der Waals surface area contributed by atoms with Crippen molar-refractivity contribution in [2.24, 2.45) is 0 Å². The first kappa shape index (κ1) is 37.9. The van der Waals surface area contributed by atoms with Gasteiger partial charge in [-0.1, -0.05) is 178 Å². The third kappa shape index (κ3) is 5.28. The molecule has 0 saturated heterocycles. The average molecular weight is 797 g/mol. The smallest absolute Gasteiger partial charge is 0.422 e. The van der Waals surface area contributed by atoms with Crippen LogP contribution in [0.3, 0.4) is 0 Å². The Morgan fingerprint density at radius 1 is 0.393 bits per heavy atom. The Kier molecular flexibility index (Phi) is 7.91. The lowest BCUT2D eigenvalue weighted by atomic mass is 9.60. The van der Waals surface area contributed by atoms with E-state index in [1.54, 1.807) is 0 Å². The third-order valence-electron chi connectivity index (χ3n) is 14.2. The Morgan fingerprint density at radius 3 is 1.08 bits per heavy atom. The zero-order chi connectivity index (χ0) is 42.4. The van der Waals surface area contributed by atoms with Crippen molar-refractivity contribution in [3.8, 4) is 0 Å². The summed E-state index contributed by atoms with van der Waals surface area (Å²) in [5.41, 5.74) is 16.6. The van der Waals surface area contributed by atoms with Gasteiger partial charge in [-0.05, 0) is 91.5 Å². The number of fused-ring (bicyclic) bond motifs is 15. The lowest BCUT2D eigenvalue weighted by Gasteiger charge is -2.33. The largest absolute Gasteiger partial charge is 0.423 e. The quantitative estimate of drug-likeness (QED) is 0.162. The molecule has 61 heavy (non-hydrogen) atoms. The van der Waals surface area contributed by atoms with E-state index in [1.807, 2.05) is 0 Å². The maximum Gasteiger partial charge on any atom is 0.423 e. The summed E-state index contributed by atoms with van der Waals surface area (Å²) in [6.45, 7) is 22.8. The molecular formula is C54H54B2N4O. The molecule has 0 saturated carbocycles. The molecule has 4 aliphatic rings. The van der Waals surface area contributed by atoms with Gasteiger partial charge in [0.2, 0.25) is 11.8 Å². The number of rotatable bonds is 2. The molecule has 7 heteroatoms. The summed E-state index contributed by atoms with van der Waals surface area (Å²) in [6, 6.07) is 54.8. The summed E-state index contributed by atoms with van der Waals surface area (Å²) >= 11 is 0. The molecule has 0 fully saturated rings. The average Bonchev–Trinajstić information content (AvgIpc) is 3.85. The van der Waals surface area contributed by atoms with Crippen LogP contribution in [0, 0.1) is 0 Å². The number of hydrogen-bond donors (Lipinski definition) is 0. The summed E-state index contributed by atoms with van der Waals surface area (Å²) in [4.78, 5) is 10.2. The van der Waals surface area contributed by atoms with E-state index in [0.717, 1.165) is 45.9 Å². The molecule has 0 amide bonds. The van der Waals surface area contributed by atoms with E-state index in [9.17, 15) is 0 Å². The summed E-state index contributed by atoms with van der Waals surface area (Å²) < 4.78 is 7.73. The second-order valence-corrected chi connectivity index (χ2v) is 20.7. The zero-order valence-corrected chi connectivity index (χ0v) is 37.2. The van der Waals surface area contributed by atoms with Crippen molar-refractivity contribution in [3.63, 3.8) is 0 Å². The van der Waals surface area contributed by atoms with E-state index in [2.05, 4.69) is 234 Å². The highest BCUT2D eigenvalue weighted by molar-refractivity contribution is 6.87. The highest BCUT2D eigenvalue weighted by Gasteiger charge is 2.59. The highest BCUT2D eigenvalue weighted by Crippen LogP contribution is 2.64. The number of benzene rings is 6. The standard InChI is InChI=1S/C54H54B2N4O/c1-51(2,3)35-27-31-37(32-28-35)57-47-48-50(61-49(47)59-45-25-17-13-21-41(45)53(7,8)39-19-11-15-23-43(39)55(57)59)60-46-26-18-14-22-42(46)54(9,10)40-20-12-16-24-44(40)56(60)58(48)38-33-29-36(30-34-38)52(4,5)6/h11-34H,1-10H3. The summed E-state index contributed by atoms with van der Waals surface area (Å²) in [7, 11) is 0. The van der Waals surface area contributed by atoms with E-state index >= 15 is 0 Å². The van der Waals surface area contributed by atoms with Crippen LogP contribution in [0.1, 0.15) is 103 Å². The molecule has 0 radical (unpaired) electrons. The molecule has 0 spiro atoms. The predicted molar refractivity (Wildman–Crippen MR) is 258 cm³/mol. The van der Waals surface area contributed by atoms with Gasteiger partial charge in [-0.3, -0.25) is 0 Å². The van der Waals surface area contributed by atoms with E-state index < -0.39 is 0 Å². The van der Waals surface area contributed by atoms with Crippen LogP contribution < -0.4 is 30.2 Å². The van der Waals surface area contributed by atoms with E-state index in [-0.39, 0.29) is 35.6 Å². The van der Waals surface area contributed by atoms with Crippen molar-refractivity contribution in [1.29, 1.82) is 0 Å². The van der Waals surface area contributed by atoms with Crippen LogP contribution in [-0.2, 0) is 21.7 Å². The Labute approximate surface area is 362 Å². The first-order valence-electron chi connectivity index (χ1n) is 22.0. The fraction of sp³-hybridized carbons (Fsp3) is 0.259. The molecule has 0 N–H and O–H groups in total. The number of para-hydroxylation sites is 2. The van der Waals surface area contributed by atoms with Crippen LogP contribution in [0.15, 0.2) is 150 Å². The Hall–Kier alpha value is -6.07. The molecule has 0 bridgehead atoms. The van der Waals surface area contributed by atoms with Gasteiger partial charge in [0, 0.05) is 33.6 Å². The Balaban J connectivity index is 1.27. The van der Waals surface area contributed by atoms with E-state index in [0.29, 0.717) is 0 Å². The summed E-state index contributed by atoms with van der Waals surface area (Å²) in [6.07, 6.45) is 0. The number of furan rings is 1. The van der Waals surface area contributed by atoms with Crippen molar-refractivity contribution >= 4 is 70.8 Å². The number of anilines is 8. The minimum atomic E-state index is -0.264. The SMILES string of the molecule is CC(C)(C)c1ccc(N2B3c4ccccc4C(C)(C)c4ccccc4N3c3oc4c(c32)N(c2ccc(C(C)(C)C)cc2)B2c3ccccc3C(C)(C)c3ccccc3N24)cc1. The molecule has 11 rings (SSSR count). The first-order chi connectivity index (χ1) is 29.1. The molecule has 0 unspecified atom stereocenters. The Morgan fingerprint density at radius 2 is 0.721 bits per heavy atom. The molecule has 0 aliphatic carbocycles. The molecule has 0 atom stereocenters. The van der Waals surface area contributed by atoms with Gasteiger partial charge in [-0.15, -0.1) is 0 Å². The van der Waals surface area contributed by atoms with Crippen LogP contribution in [0.2, 0.25) is 0 Å². The van der Waals surface area contributed by atoms with Crippen molar-refractivity contribution in [2.45, 2.75) is 90.9 Å². The maximum absolute atomic E-state index is 7.73. The van der Waals surface area contributed by atoms with E-state index in [1.165, 1.54) is 44.3 Å². The van der Waals surface area contributed by atoms with Crippen LogP contribution in [-0.4, -0.2) is 14.0 Å². The summed E-state index contributed by atoms with van der Waals surface area (Å²) in [5.74, 6) is 1.72. The predicted octanol–water partition coefficient (Wildman–Crippen LogP) is 12.5. The lowest BCUT2D eigenvalue weighted by molar-refractivity contribution is 0.588. The van der Waals surface area contributed by atoms with Crippen molar-refractivity contribution in [3.05, 3.63) is 179 Å². The first-order valence-corrected chi connectivity index (χ1v) is 22.0. The minimum absolute atomic E-state index is 0.0154. The van der Waals surface area contributed by atoms with Gasteiger partial charge in [0.05, 0.1) is 0 Å². The van der Waals surface area contributed by atoms with Gasteiger partial charge in [0.25, 0.3) is 0 Å². The van der Waals surface area contributed by atoms with Crippen LogP contribution in [0.4, 0.5) is 45.9 Å². The van der Waals surface area contributed by atoms with Gasteiger partial charge < -0.3 is 23.7 Å². The van der Waals surface area contributed by atoms with Gasteiger partial charge >= 0.3 is 14.0 Å². The monoisotopic (exact) mass is 796 g/mol. The zero-order valence-electron chi connectivity index (χ0n) is 37.2. The number of nitrogens with zero attached hydrogens (tertiary/aromatic N) is 4. The normalized spacial score (nSPS) is 16.8. The van der Waals surface area contributed by atoms with Crippen molar-refractivity contribution in [1.82, 2.24) is 0 Å². The van der Waals surface area contributed by atoms with Crippen LogP contribution >= 0.6 is 0 Å². The maximum atomic E-state index is 7.73. The second-order valence-electron chi connectivity index (χ2n) is 20.7. The fourth-order valence-corrected chi connectivity index (χ4v) is 11.0. The topological polar surface area (TPSA) is 26.1 Å². The molecule has 1 aromatic heterocycles. The minimum Gasteiger partial charge on any atom is -0.422 e. The van der Waals surface area contributed by atoms with Gasteiger partial charge in [0.15, 0.2) is 0 Å². The second kappa shape index (κ2) is 12.7. The van der Waals surface area contributed by atoms with Gasteiger partial charge in [0.1, 0.15) is 11.4 Å².